The second kappa shape index (κ2) is 7.43. The summed E-state index contributed by atoms with van der Waals surface area (Å²) >= 11 is 3.11. The standard InChI is InChI=1S/C16H16N4OS2/c17-16-12-5-1-2-6-13(12)19-14(20-16)9-22-10-15(21)18-8-11-4-3-7-23-11/h1-7H,8-10H2,(H,18,21)(H2,17,19,20). The first-order chi connectivity index (χ1) is 11.2. The predicted molar refractivity (Wildman–Crippen MR) is 96.3 cm³/mol. The third-order valence-corrected chi connectivity index (χ3v) is 4.99. The summed E-state index contributed by atoms with van der Waals surface area (Å²) in [6.07, 6.45) is 0. The highest BCUT2D eigenvalue weighted by molar-refractivity contribution is 7.99. The zero-order chi connectivity index (χ0) is 16.1. The number of amides is 1. The van der Waals surface area contributed by atoms with Crippen LogP contribution in [0.15, 0.2) is 41.8 Å². The number of nitrogens with two attached hydrogens (primary N) is 1. The number of anilines is 1. The first kappa shape index (κ1) is 15.8. The summed E-state index contributed by atoms with van der Waals surface area (Å²) in [7, 11) is 0. The van der Waals surface area contributed by atoms with Gasteiger partial charge in [-0.25, -0.2) is 9.97 Å². The molecule has 5 nitrogen and oxygen atoms in total. The second-order valence-electron chi connectivity index (χ2n) is 4.89. The topological polar surface area (TPSA) is 80.9 Å². The minimum atomic E-state index is 0.0113. The fraction of sp³-hybridized carbons (Fsp3) is 0.188. The van der Waals surface area contributed by atoms with Crippen molar-refractivity contribution in [1.82, 2.24) is 15.3 Å². The zero-order valence-electron chi connectivity index (χ0n) is 12.4. The molecule has 2 aromatic heterocycles. The maximum atomic E-state index is 11.8. The Bertz CT molecular complexity index is 805. The molecule has 0 spiro atoms. The van der Waals surface area contributed by atoms with Crippen molar-refractivity contribution >= 4 is 45.7 Å². The molecule has 0 saturated carbocycles. The zero-order valence-corrected chi connectivity index (χ0v) is 14.0. The highest BCUT2D eigenvalue weighted by atomic mass is 32.2. The quantitative estimate of drug-likeness (QED) is 0.719. The molecule has 0 aliphatic carbocycles. The largest absolute Gasteiger partial charge is 0.383 e. The number of thiophene rings is 1. The number of nitrogen functional groups attached to an aromatic ring is 1. The van der Waals surface area contributed by atoms with Crippen molar-refractivity contribution in [2.45, 2.75) is 12.3 Å². The molecule has 118 valence electrons. The molecule has 0 aliphatic heterocycles. The lowest BCUT2D eigenvalue weighted by molar-refractivity contribution is -0.118. The van der Waals surface area contributed by atoms with E-state index >= 15 is 0 Å². The van der Waals surface area contributed by atoms with E-state index in [4.69, 9.17) is 5.73 Å². The Morgan fingerprint density at radius 3 is 2.91 bits per heavy atom. The van der Waals surface area contributed by atoms with Crippen LogP contribution < -0.4 is 11.1 Å². The van der Waals surface area contributed by atoms with E-state index in [-0.39, 0.29) is 5.91 Å². The van der Waals surface area contributed by atoms with Crippen LogP contribution in [-0.4, -0.2) is 21.6 Å². The number of para-hydroxylation sites is 1. The van der Waals surface area contributed by atoms with Crippen LogP contribution >= 0.6 is 23.1 Å². The van der Waals surface area contributed by atoms with Gasteiger partial charge in [-0.15, -0.1) is 23.1 Å². The molecule has 23 heavy (non-hydrogen) atoms. The van der Waals surface area contributed by atoms with Gasteiger partial charge in [-0.1, -0.05) is 18.2 Å². The summed E-state index contributed by atoms with van der Waals surface area (Å²) in [4.78, 5) is 21.7. The fourth-order valence-electron chi connectivity index (χ4n) is 2.10. The molecule has 3 N–H and O–H groups in total. The maximum Gasteiger partial charge on any atom is 0.230 e. The van der Waals surface area contributed by atoms with Gasteiger partial charge in [0.25, 0.3) is 0 Å². The summed E-state index contributed by atoms with van der Waals surface area (Å²) in [5.41, 5.74) is 6.78. The maximum absolute atomic E-state index is 11.8. The van der Waals surface area contributed by atoms with Gasteiger partial charge in [-0.2, -0.15) is 0 Å². The van der Waals surface area contributed by atoms with Gasteiger partial charge in [0, 0.05) is 10.3 Å². The Morgan fingerprint density at radius 2 is 2.09 bits per heavy atom. The van der Waals surface area contributed by atoms with Crippen molar-refractivity contribution in [1.29, 1.82) is 0 Å². The molecule has 3 rings (SSSR count). The molecule has 0 bridgehead atoms. The molecular weight excluding hydrogens is 328 g/mol. The molecule has 0 radical (unpaired) electrons. The van der Waals surface area contributed by atoms with Gasteiger partial charge in [0.05, 0.1) is 23.6 Å². The van der Waals surface area contributed by atoms with E-state index in [9.17, 15) is 4.79 Å². The molecule has 1 amide bonds. The number of fused-ring (bicyclic) bond motifs is 1. The van der Waals surface area contributed by atoms with Crippen LogP contribution in [0.4, 0.5) is 5.82 Å². The van der Waals surface area contributed by atoms with Gasteiger partial charge in [-0.05, 0) is 23.6 Å². The van der Waals surface area contributed by atoms with E-state index in [1.165, 1.54) is 11.8 Å². The molecule has 1 aromatic carbocycles. The predicted octanol–water partition coefficient (Wildman–Crippen LogP) is 2.82. The third-order valence-electron chi connectivity index (χ3n) is 3.18. The number of rotatable bonds is 6. The molecule has 0 fully saturated rings. The number of carbonyl (C=O) groups is 1. The molecule has 0 saturated heterocycles. The number of benzene rings is 1. The summed E-state index contributed by atoms with van der Waals surface area (Å²) in [5, 5.41) is 5.75. The average molecular weight is 344 g/mol. The Kier molecular flexibility index (Phi) is 5.09. The summed E-state index contributed by atoms with van der Waals surface area (Å²) in [6.45, 7) is 0.580. The van der Waals surface area contributed by atoms with E-state index in [1.807, 2.05) is 41.8 Å². The van der Waals surface area contributed by atoms with Gasteiger partial charge in [-0.3, -0.25) is 4.79 Å². The Labute approximate surface area is 142 Å². The van der Waals surface area contributed by atoms with Crippen LogP contribution in [0.2, 0.25) is 0 Å². The lowest BCUT2D eigenvalue weighted by Gasteiger charge is -2.06. The lowest BCUT2D eigenvalue weighted by atomic mass is 10.2. The Morgan fingerprint density at radius 1 is 1.22 bits per heavy atom. The fourth-order valence-corrected chi connectivity index (χ4v) is 3.45. The van der Waals surface area contributed by atoms with Crippen molar-refractivity contribution in [3.05, 3.63) is 52.5 Å². The van der Waals surface area contributed by atoms with Gasteiger partial charge in [0.15, 0.2) is 0 Å². The molecule has 0 aliphatic rings. The van der Waals surface area contributed by atoms with Gasteiger partial charge < -0.3 is 11.1 Å². The number of hydrogen-bond acceptors (Lipinski definition) is 6. The highest BCUT2D eigenvalue weighted by Crippen LogP contribution is 2.19. The lowest BCUT2D eigenvalue weighted by Crippen LogP contribution is -2.24. The number of thioether (sulfide) groups is 1. The summed E-state index contributed by atoms with van der Waals surface area (Å²) in [5.74, 6) is 2.07. The molecule has 0 unspecified atom stereocenters. The van der Waals surface area contributed by atoms with Crippen LogP contribution in [0.1, 0.15) is 10.7 Å². The van der Waals surface area contributed by atoms with Crippen molar-refractivity contribution in [3.8, 4) is 0 Å². The van der Waals surface area contributed by atoms with E-state index in [2.05, 4.69) is 15.3 Å². The van der Waals surface area contributed by atoms with Gasteiger partial charge in [0.1, 0.15) is 11.6 Å². The average Bonchev–Trinajstić information content (AvgIpc) is 3.06. The number of hydrogen-bond donors (Lipinski definition) is 2. The SMILES string of the molecule is Nc1nc(CSCC(=O)NCc2cccs2)nc2ccccc12. The second-order valence-corrected chi connectivity index (χ2v) is 6.91. The minimum Gasteiger partial charge on any atom is -0.383 e. The van der Waals surface area contributed by atoms with Crippen LogP contribution in [0.5, 0.6) is 0 Å². The third kappa shape index (κ3) is 4.20. The normalized spacial score (nSPS) is 10.8. The number of nitrogens with zero attached hydrogens (tertiary/aromatic N) is 2. The van der Waals surface area contributed by atoms with E-state index in [0.717, 1.165) is 15.8 Å². The molecular formula is C16H16N4OS2. The van der Waals surface area contributed by atoms with Crippen molar-refractivity contribution in [2.75, 3.05) is 11.5 Å². The minimum absolute atomic E-state index is 0.0113. The smallest absolute Gasteiger partial charge is 0.230 e. The molecule has 0 atom stereocenters. The monoisotopic (exact) mass is 344 g/mol. The van der Waals surface area contributed by atoms with Gasteiger partial charge in [0.2, 0.25) is 5.91 Å². The highest BCUT2D eigenvalue weighted by Gasteiger charge is 2.07. The van der Waals surface area contributed by atoms with Crippen LogP contribution in [0.3, 0.4) is 0 Å². The number of carbonyl (C=O) groups excluding carboxylic acids is 1. The number of nitrogens with one attached hydrogen (secondary N) is 1. The van der Waals surface area contributed by atoms with Gasteiger partial charge >= 0.3 is 0 Å². The van der Waals surface area contributed by atoms with E-state index < -0.39 is 0 Å². The van der Waals surface area contributed by atoms with Crippen molar-refractivity contribution in [3.63, 3.8) is 0 Å². The molecule has 3 aromatic rings. The number of aromatic nitrogens is 2. The van der Waals surface area contributed by atoms with E-state index in [0.29, 0.717) is 29.7 Å². The summed E-state index contributed by atoms with van der Waals surface area (Å²) < 4.78 is 0. The Balaban J connectivity index is 1.51. The summed E-state index contributed by atoms with van der Waals surface area (Å²) in [6, 6.07) is 11.6. The van der Waals surface area contributed by atoms with E-state index in [1.54, 1.807) is 11.3 Å². The molecule has 2 heterocycles. The Hall–Kier alpha value is -2.12. The van der Waals surface area contributed by atoms with Crippen molar-refractivity contribution in [2.24, 2.45) is 0 Å². The van der Waals surface area contributed by atoms with Crippen molar-refractivity contribution < 1.29 is 4.79 Å². The van der Waals surface area contributed by atoms with Crippen LogP contribution in [-0.2, 0) is 17.1 Å². The molecule has 7 heteroatoms. The first-order valence-corrected chi connectivity index (χ1v) is 9.14. The first-order valence-electron chi connectivity index (χ1n) is 7.10. The van der Waals surface area contributed by atoms with Crippen LogP contribution in [0, 0.1) is 0 Å². The van der Waals surface area contributed by atoms with Crippen LogP contribution in [0.25, 0.3) is 10.9 Å².